The Morgan fingerprint density at radius 2 is 2.32 bits per heavy atom. The lowest BCUT2D eigenvalue weighted by atomic mass is 9.92. The van der Waals surface area contributed by atoms with Crippen LogP contribution in [0.5, 0.6) is 5.75 Å². The van der Waals surface area contributed by atoms with Crippen molar-refractivity contribution >= 4 is 0 Å². The molecular formula is C15H19N3O. The maximum atomic E-state index is 9.58. The predicted molar refractivity (Wildman–Crippen MR) is 75.0 cm³/mol. The zero-order chi connectivity index (χ0) is 13.1. The molecule has 0 radical (unpaired) electrons. The van der Waals surface area contributed by atoms with E-state index in [9.17, 15) is 5.11 Å². The molecule has 4 nitrogen and oxygen atoms in total. The minimum Gasteiger partial charge on any atom is -0.508 e. The number of phenols is 1. The van der Waals surface area contributed by atoms with Crippen molar-refractivity contribution in [2.24, 2.45) is 5.92 Å². The van der Waals surface area contributed by atoms with Crippen LogP contribution in [-0.4, -0.2) is 28.4 Å². The fourth-order valence-corrected chi connectivity index (χ4v) is 2.78. The Balaban J connectivity index is 1.81. The van der Waals surface area contributed by atoms with E-state index in [4.69, 9.17) is 0 Å². The van der Waals surface area contributed by atoms with Gasteiger partial charge < -0.3 is 10.4 Å². The Hall–Kier alpha value is -1.81. The molecule has 1 aromatic heterocycles. The van der Waals surface area contributed by atoms with Gasteiger partial charge in [-0.1, -0.05) is 12.1 Å². The van der Waals surface area contributed by atoms with Crippen LogP contribution in [0.4, 0.5) is 0 Å². The van der Waals surface area contributed by atoms with Crippen LogP contribution in [0.3, 0.4) is 0 Å². The molecule has 0 amide bonds. The van der Waals surface area contributed by atoms with E-state index in [0.717, 1.165) is 30.6 Å². The smallest absolute Gasteiger partial charge is 0.116 e. The molecule has 3 N–H and O–H groups in total. The van der Waals surface area contributed by atoms with E-state index < -0.39 is 0 Å². The van der Waals surface area contributed by atoms with E-state index in [1.165, 1.54) is 18.5 Å². The molecule has 1 aromatic carbocycles. The molecule has 100 valence electrons. The van der Waals surface area contributed by atoms with Gasteiger partial charge in [-0.3, -0.25) is 5.10 Å². The number of nitrogens with one attached hydrogen (secondary N) is 2. The molecule has 0 spiro atoms. The number of phenolic OH excluding ortho intramolecular Hbond substituents is 1. The lowest BCUT2D eigenvalue weighted by Crippen LogP contribution is -2.31. The van der Waals surface area contributed by atoms with Crippen LogP contribution >= 0.6 is 0 Å². The van der Waals surface area contributed by atoms with Crippen LogP contribution in [-0.2, 0) is 6.42 Å². The summed E-state index contributed by atoms with van der Waals surface area (Å²) in [4.78, 5) is 0. The van der Waals surface area contributed by atoms with Crippen LogP contribution < -0.4 is 5.32 Å². The van der Waals surface area contributed by atoms with Crippen molar-refractivity contribution in [1.29, 1.82) is 0 Å². The Bertz CT molecular complexity index is 544. The third-order valence-electron chi connectivity index (χ3n) is 3.77. The topological polar surface area (TPSA) is 60.9 Å². The van der Waals surface area contributed by atoms with Gasteiger partial charge in [-0.05, 0) is 56.0 Å². The van der Waals surface area contributed by atoms with Crippen molar-refractivity contribution in [3.05, 3.63) is 36.2 Å². The normalized spacial score (nSPS) is 19.5. The first-order chi connectivity index (χ1) is 9.33. The fraction of sp³-hybridized carbons (Fsp3) is 0.400. The van der Waals surface area contributed by atoms with Crippen molar-refractivity contribution in [1.82, 2.24) is 15.5 Å². The van der Waals surface area contributed by atoms with Crippen LogP contribution in [0.1, 0.15) is 18.5 Å². The molecule has 1 saturated heterocycles. The molecule has 1 unspecified atom stereocenters. The van der Waals surface area contributed by atoms with Gasteiger partial charge in [0.05, 0.1) is 6.20 Å². The van der Waals surface area contributed by atoms with Crippen molar-refractivity contribution in [2.45, 2.75) is 19.3 Å². The second kappa shape index (κ2) is 5.45. The standard InChI is InChI=1S/C15H19N3O/c19-13-5-1-4-12(8-13)14-10-17-18-15(14)7-11-3-2-6-16-9-11/h1,4-5,8,10-11,16,19H,2-3,6-7,9H2,(H,17,18). The molecule has 3 rings (SSSR count). The van der Waals surface area contributed by atoms with E-state index >= 15 is 0 Å². The third-order valence-corrected chi connectivity index (χ3v) is 3.77. The highest BCUT2D eigenvalue weighted by Crippen LogP contribution is 2.27. The summed E-state index contributed by atoms with van der Waals surface area (Å²) in [5.74, 6) is 0.967. The summed E-state index contributed by atoms with van der Waals surface area (Å²) in [6.45, 7) is 2.22. The Kier molecular flexibility index (Phi) is 3.51. The summed E-state index contributed by atoms with van der Waals surface area (Å²) in [6.07, 6.45) is 5.38. The summed E-state index contributed by atoms with van der Waals surface area (Å²) >= 11 is 0. The molecule has 0 bridgehead atoms. The second-order valence-electron chi connectivity index (χ2n) is 5.23. The molecule has 2 heterocycles. The van der Waals surface area contributed by atoms with Gasteiger partial charge in [-0.25, -0.2) is 0 Å². The SMILES string of the molecule is Oc1cccc(-c2cn[nH]c2CC2CCCNC2)c1. The molecule has 1 fully saturated rings. The highest BCUT2D eigenvalue weighted by Gasteiger charge is 2.17. The van der Waals surface area contributed by atoms with Crippen molar-refractivity contribution in [3.63, 3.8) is 0 Å². The summed E-state index contributed by atoms with van der Waals surface area (Å²) < 4.78 is 0. The third kappa shape index (κ3) is 2.79. The minimum absolute atomic E-state index is 0.295. The van der Waals surface area contributed by atoms with E-state index in [0.29, 0.717) is 11.7 Å². The lowest BCUT2D eigenvalue weighted by molar-refractivity contribution is 0.373. The zero-order valence-corrected chi connectivity index (χ0v) is 10.9. The fourth-order valence-electron chi connectivity index (χ4n) is 2.78. The molecule has 0 saturated carbocycles. The van der Waals surface area contributed by atoms with Crippen LogP contribution in [0.2, 0.25) is 0 Å². The highest BCUT2D eigenvalue weighted by atomic mass is 16.3. The molecule has 1 atom stereocenters. The number of aromatic nitrogens is 2. The largest absolute Gasteiger partial charge is 0.508 e. The van der Waals surface area contributed by atoms with Gasteiger partial charge in [-0.15, -0.1) is 0 Å². The average molecular weight is 257 g/mol. The zero-order valence-electron chi connectivity index (χ0n) is 10.9. The molecule has 0 aliphatic carbocycles. The van der Waals surface area contributed by atoms with E-state index in [2.05, 4.69) is 15.5 Å². The van der Waals surface area contributed by atoms with Gasteiger partial charge in [-0.2, -0.15) is 5.10 Å². The monoisotopic (exact) mass is 257 g/mol. The van der Waals surface area contributed by atoms with Crippen LogP contribution in [0.25, 0.3) is 11.1 Å². The first kappa shape index (κ1) is 12.2. The summed E-state index contributed by atoms with van der Waals surface area (Å²) in [6, 6.07) is 7.35. The van der Waals surface area contributed by atoms with Crippen molar-refractivity contribution < 1.29 is 5.11 Å². The molecule has 2 aromatic rings. The van der Waals surface area contributed by atoms with E-state index in [1.807, 2.05) is 18.3 Å². The van der Waals surface area contributed by atoms with Crippen molar-refractivity contribution in [3.8, 4) is 16.9 Å². The van der Waals surface area contributed by atoms with Crippen LogP contribution in [0, 0.1) is 5.92 Å². The quantitative estimate of drug-likeness (QED) is 0.791. The molecular weight excluding hydrogens is 238 g/mol. The first-order valence-electron chi connectivity index (χ1n) is 6.85. The van der Waals surface area contributed by atoms with E-state index in [1.54, 1.807) is 12.1 Å². The number of H-pyrrole nitrogens is 1. The summed E-state index contributed by atoms with van der Waals surface area (Å²) in [7, 11) is 0. The second-order valence-corrected chi connectivity index (χ2v) is 5.23. The maximum absolute atomic E-state index is 9.58. The highest BCUT2D eigenvalue weighted by molar-refractivity contribution is 5.66. The van der Waals surface area contributed by atoms with Gasteiger partial charge in [0.1, 0.15) is 5.75 Å². The molecule has 1 aliphatic heterocycles. The minimum atomic E-state index is 0.295. The number of benzene rings is 1. The Labute approximate surface area is 112 Å². The number of nitrogens with zero attached hydrogens (tertiary/aromatic N) is 1. The van der Waals surface area contributed by atoms with E-state index in [-0.39, 0.29) is 0 Å². The molecule has 4 heteroatoms. The number of piperidine rings is 1. The number of aromatic hydroxyl groups is 1. The van der Waals surface area contributed by atoms with Gasteiger partial charge in [0.25, 0.3) is 0 Å². The molecule has 1 aliphatic rings. The Morgan fingerprint density at radius 3 is 3.11 bits per heavy atom. The first-order valence-corrected chi connectivity index (χ1v) is 6.85. The van der Waals surface area contributed by atoms with Gasteiger partial charge in [0, 0.05) is 11.3 Å². The van der Waals surface area contributed by atoms with Gasteiger partial charge in [0.15, 0.2) is 0 Å². The van der Waals surface area contributed by atoms with Gasteiger partial charge >= 0.3 is 0 Å². The summed E-state index contributed by atoms with van der Waals surface area (Å²) in [5.41, 5.74) is 3.29. The van der Waals surface area contributed by atoms with Crippen LogP contribution in [0.15, 0.2) is 30.5 Å². The predicted octanol–water partition coefficient (Wildman–Crippen LogP) is 2.32. The molecule has 19 heavy (non-hydrogen) atoms. The number of rotatable bonds is 3. The lowest BCUT2D eigenvalue weighted by Gasteiger charge is -2.22. The number of aromatic amines is 1. The maximum Gasteiger partial charge on any atom is 0.116 e. The summed E-state index contributed by atoms with van der Waals surface area (Å²) in [5, 5.41) is 20.3. The average Bonchev–Trinajstić information content (AvgIpc) is 2.88. The Morgan fingerprint density at radius 1 is 1.37 bits per heavy atom. The van der Waals surface area contributed by atoms with Crippen molar-refractivity contribution in [2.75, 3.05) is 13.1 Å². The number of hydrogen-bond donors (Lipinski definition) is 3. The van der Waals surface area contributed by atoms with Gasteiger partial charge in [0.2, 0.25) is 0 Å². The number of hydrogen-bond acceptors (Lipinski definition) is 3.